The smallest absolute Gasteiger partial charge is 0.265 e. The lowest BCUT2D eigenvalue weighted by Gasteiger charge is -2.17. The van der Waals surface area contributed by atoms with E-state index in [-0.39, 0.29) is 23.0 Å². The van der Waals surface area contributed by atoms with Gasteiger partial charge in [0.15, 0.2) is 0 Å². The third kappa shape index (κ3) is 4.41. The number of hydrogen-bond donors (Lipinski definition) is 1. The van der Waals surface area contributed by atoms with Crippen LogP contribution in [0.1, 0.15) is 28.7 Å². The standard InChI is InChI=1S/C18H19F2NO2S/c1-11-7-8-15(12(2)9-11)23-10-13-5-4-6-14(17(19)20)16(13)21-18(24)22-3/h4-9,17H,10H2,1-3H3,(H,21,24). The Labute approximate surface area is 145 Å². The molecule has 0 aliphatic heterocycles. The summed E-state index contributed by atoms with van der Waals surface area (Å²) in [6.07, 6.45) is -2.63. The largest absolute Gasteiger partial charge is 0.489 e. The monoisotopic (exact) mass is 351 g/mol. The van der Waals surface area contributed by atoms with Gasteiger partial charge in [-0.15, -0.1) is 0 Å². The molecule has 0 saturated carbocycles. The quantitative estimate of drug-likeness (QED) is 0.754. The predicted molar refractivity (Wildman–Crippen MR) is 94.9 cm³/mol. The number of ether oxygens (including phenoxy) is 2. The Balaban J connectivity index is 2.28. The third-order valence-electron chi connectivity index (χ3n) is 3.54. The normalized spacial score (nSPS) is 10.6. The number of alkyl halides is 2. The van der Waals surface area contributed by atoms with Gasteiger partial charge in [0.05, 0.1) is 12.8 Å². The number of benzene rings is 2. The van der Waals surface area contributed by atoms with Crippen molar-refractivity contribution in [3.63, 3.8) is 0 Å². The molecule has 1 N–H and O–H groups in total. The Morgan fingerprint density at radius 1 is 1.21 bits per heavy atom. The molecule has 0 saturated heterocycles. The Morgan fingerprint density at radius 2 is 1.96 bits per heavy atom. The molecule has 3 nitrogen and oxygen atoms in total. The van der Waals surface area contributed by atoms with Crippen molar-refractivity contribution in [2.24, 2.45) is 0 Å². The van der Waals surface area contributed by atoms with E-state index in [1.165, 1.54) is 13.2 Å². The van der Waals surface area contributed by atoms with Crippen molar-refractivity contribution in [2.45, 2.75) is 26.9 Å². The van der Waals surface area contributed by atoms with E-state index in [2.05, 4.69) is 5.32 Å². The summed E-state index contributed by atoms with van der Waals surface area (Å²) in [5, 5.41) is 2.74. The van der Waals surface area contributed by atoms with Crippen molar-refractivity contribution in [3.8, 4) is 5.75 Å². The summed E-state index contributed by atoms with van der Waals surface area (Å²) in [5.74, 6) is 0.711. The molecule has 0 aliphatic rings. The summed E-state index contributed by atoms with van der Waals surface area (Å²) >= 11 is 4.94. The summed E-state index contributed by atoms with van der Waals surface area (Å²) in [7, 11) is 1.38. The molecule has 0 bridgehead atoms. The maximum absolute atomic E-state index is 13.3. The minimum absolute atomic E-state index is 0.0240. The van der Waals surface area contributed by atoms with Gasteiger partial charge in [-0.25, -0.2) is 8.78 Å². The number of rotatable bonds is 5. The Hall–Kier alpha value is -2.21. The van der Waals surface area contributed by atoms with E-state index < -0.39 is 6.43 Å². The van der Waals surface area contributed by atoms with Gasteiger partial charge in [0, 0.05) is 11.1 Å². The first-order valence-corrected chi connectivity index (χ1v) is 7.78. The lowest BCUT2D eigenvalue weighted by atomic mass is 10.1. The first-order chi connectivity index (χ1) is 11.4. The summed E-state index contributed by atoms with van der Waals surface area (Å²) < 4.78 is 37.2. The van der Waals surface area contributed by atoms with Crippen molar-refractivity contribution >= 4 is 23.1 Å². The highest BCUT2D eigenvalue weighted by Crippen LogP contribution is 2.31. The molecule has 0 spiro atoms. The van der Waals surface area contributed by atoms with Gasteiger partial charge in [-0.05, 0) is 37.7 Å². The van der Waals surface area contributed by atoms with Gasteiger partial charge in [-0.1, -0.05) is 35.9 Å². The SMILES string of the molecule is COC(=S)Nc1c(COc2ccc(C)cc2C)cccc1C(F)F. The number of aryl methyl sites for hydroxylation is 2. The lowest BCUT2D eigenvalue weighted by Crippen LogP contribution is -2.15. The fraction of sp³-hybridized carbons (Fsp3) is 0.278. The van der Waals surface area contributed by atoms with Crippen LogP contribution >= 0.6 is 12.2 Å². The van der Waals surface area contributed by atoms with Gasteiger partial charge in [-0.3, -0.25) is 0 Å². The predicted octanol–water partition coefficient (Wildman–Crippen LogP) is 5.16. The van der Waals surface area contributed by atoms with Gasteiger partial charge >= 0.3 is 0 Å². The highest BCUT2D eigenvalue weighted by atomic mass is 32.1. The molecule has 0 radical (unpaired) electrons. The molecule has 0 heterocycles. The molecule has 2 aromatic rings. The fourth-order valence-corrected chi connectivity index (χ4v) is 2.45. The number of hydrogen-bond acceptors (Lipinski definition) is 3. The van der Waals surface area contributed by atoms with Crippen LogP contribution in [-0.4, -0.2) is 12.3 Å². The van der Waals surface area contributed by atoms with E-state index in [0.29, 0.717) is 11.3 Å². The minimum atomic E-state index is -2.63. The van der Waals surface area contributed by atoms with Crippen LogP contribution in [-0.2, 0) is 11.3 Å². The van der Waals surface area contributed by atoms with E-state index >= 15 is 0 Å². The van der Waals surface area contributed by atoms with Crippen LogP contribution in [0.4, 0.5) is 14.5 Å². The second kappa shape index (κ2) is 8.06. The highest BCUT2D eigenvalue weighted by molar-refractivity contribution is 7.80. The van der Waals surface area contributed by atoms with E-state index in [0.717, 1.165) is 11.1 Å². The molecule has 2 aromatic carbocycles. The average Bonchev–Trinajstić information content (AvgIpc) is 2.54. The first kappa shape index (κ1) is 18.1. The van der Waals surface area contributed by atoms with Gasteiger partial charge < -0.3 is 14.8 Å². The Morgan fingerprint density at radius 3 is 2.58 bits per heavy atom. The zero-order valence-electron chi connectivity index (χ0n) is 13.7. The molecule has 0 unspecified atom stereocenters. The summed E-state index contributed by atoms with van der Waals surface area (Å²) in [4.78, 5) is 0. The van der Waals surface area contributed by atoms with Crippen LogP contribution in [0.3, 0.4) is 0 Å². The molecule has 6 heteroatoms. The number of thiocarbonyl (C=S) groups is 1. The molecule has 0 amide bonds. The van der Waals surface area contributed by atoms with Crippen molar-refractivity contribution in [1.29, 1.82) is 0 Å². The summed E-state index contributed by atoms with van der Waals surface area (Å²) in [5.41, 5.74) is 2.78. The van der Waals surface area contributed by atoms with Crippen molar-refractivity contribution in [2.75, 3.05) is 12.4 Å². The fourth-order valence-electron chi connectivity index (χ4n) is 2.34. The number of nitrogens with one attached hydrogen (secondary N) is 1. The van der Waals surface area contributed by atoms with Crippen LogP contribution in [0, 0.1) is 13.8 Å². The molecule has 0 fully saturated rings. The second-order valence-corrected chi connectivity index (χ2v) is 5.73. The summed E-state index contributed by atoms with van der Waals surface area (Å²) in [6.45, 7) is 4.08. The van der Waals surface area contributed by atoms with Crippen molar-refractivity contribution < 1.29 is 18.3 Å². The van der Waals surface area contributed by atoms with Crippen LogP contribution in [0.25, 0.3) is 0 Å². The van der Waals surface area contributed by atoms with Crippen molar-refractivity contribution in [1.82, 2.24) is 0 Å². The Kier molecular flexibility index (Phi) is 6.09. The molecule has 2 rings (SSSR count). The maximum Gasteiger partial charge on any atom is 0.265 e. The molecule has 0 aliphatic carbocycles. The maximum atomic E-state index is 13.3. The number of para-hydroxylation sites is 1. The molecular weight excluding hydrogens is 332 g/mol. The molecule has 0 aromatic heterocycles. The lowest BCUT2D eigenvalue weighted by molar-refractivity contribution is 0.152. The average molecular weight is 351 g/mol. The zero-order chi connectivity index (χ0) is 17.7. The van der Waals surface area contributed by atoms with E-state index in [1.54, 1.807) is 12.1 Å². The number of halogens is 2. The highest BCUT2D eigenvalue weighted by Gasteiger charge is 2.17. The van der Waals surface area contributed by atoms with E-state index in [1.807, 2.05) is 32.0 Å². The zero-order valence-corrected chi connectivity index (χ0v) is 14.5. The second-order valence-electron chi connectivity index (χ2n) is 5.36. The Bertz CT molecular complexity index is 735. The molecule has 128 valence electrons. The van der Waals surface area contributed by atoms with Crippen LogP contribution in [0.15, 0.2) is 36.4 Å². The summed E-state index contributed by atoms with van der Waals surface area (Å²) in [6, 6.07) is 10.5. The first-order valence-electron chi connectivity index (χ1n) is 7.37. The van der Waals surface area contributed by atoms with Gasteiger partial charge in [-0.2, -0.15) is 0 Å². The van der Waals surface area contributed by atoms with Gasteiger partial charge in [0.1, 0.15) is 12.4 Å². The molecule has 0 atom stereocenters. The van der Waals surface area contributed by atoms with Crippen molar-refractivity contribution in [3.05, 3.63) is 58.7 Å². The molecule has 24 heavy (non-hydrogen) atoms. The minimum Gasteiger partial charge on any atom is -0.489 e. The van der Waals surface area contributed by atoms with E-state index in [4.69, 9.17) is 21.7 Å². The van der Waals surface area contributed by atoms with E-state index in [9.17, 15) is 8.78 Å². The number of anilines is 1. The van der Waals surface area contributed by atoms with Gasteiger partial charge in [0.25, 0.3) is 11.6 Å². The topological polar surface area (TPSA) is 30.5 Å². The number of methoxy groups -OCH3 is 1. The van der Waals surface area contributed by atoms with Crippen LogP contribution in [0.5, 0.6) is 5.75 Å². The third-order valence-corrected chi connectivity index (χ3v) is 3.81. The van der Waals surface area contributed by atoms with Crippen LogP contribution in [0.2, 0.25) is 0 Å². The van der Waals surface area contributed by atoms with Gasteiger partial charge in [0.2, 0.25) is 0 Å². The van der Waals surface area contributed by atoms with Crippen LogP contribution < -0.4 is 10.1 Å². The molecular formula is C18H19F2NO2S.